The third-order valence-electron chi connectivity index (χ3n) is 4.82. The number of piperazine rings is 1. The molecular formula is C20H26N4O3. The molecule has 3 heterocycles. The van der Waals surface area contributed by atoms with E-state index in [4.69, 9.17) is 4.42 Å². The van der Waals surface area contributed by atoms with Crippen LogP contribution in [0, 0.1) is 0 Å². The molecule has 1 aliphatic rings. The number of furan rings is 1. The standard InChI is InChI=1S/C20H26N4O3/c1-3-4-9-22(2)18-15-16(7-8-21-18)19(25)23-10-12-24(13-11-23)20(26)17-6-5-14-27-17/h5-8,14-15H,3-4,9-13H2,1-2H3. The maximum atomic E-state index is 12.9. The van der Waals surface area contributed by atoms with Crippen molar-refractivity contribution in [3.8, 4) is 0 Å². The van der Waals surface area contributed by atoms with Gasteiger partial charge >= 0.3 is 0 Å². The van der Waals surface area contributed by atoms with E-state index in [9.17, 15) is 9.59 Å². The zero-order chi connectivity index (χ0) is 19.2. The van der Waals surface area contributed by atoms with Crippen molar-refractivity contribution in [3.05, 3.63) is 48.0 Å². The summed E-state index contributed by atoms with van der Waals surface area (Å²) >= 11 is 0. The fraction of sp³-hybridized carbons (Fsp3) is 0.450. The SMILES string of the molecule is CCCCN(C)c1cc(C(=O)N2CCN(C(=O)c3ccco3)CC2)ccn1. The summed E-state index contributed by atoms with van der Waals surface area (Å²) in [5.41, 5.74) is 0.633. The highest BCUT2D eigenvalue weighted by Gasteiger charge is 2.26. The van der Waals surface area contributed by atoms with E-state index in [1.165, 1.54) is 6.26 Å². The molecule has 0 atom stereocenters. The molecule has 0 unspecified atom stereocenters. The second kappa shape index (κ2) is 8.70. The lowest BCUT2D eigenvalue weighted by Gasteiger charge is -2.34. The summed E-state index contributed by atoms with van der Waals surface area (Å²) in [6.45, 7) is 5.08. The topological polar surface area (TPSA) is 69.9 Å². The monoisotopic (exact) mass is 370 g/mol. The zero-order valence-electron chi connectivity index (χ0n) is 15.9. The number of pyridine rings is 1. The fourth-order valence-corrected chi connectivity index (χ4v) is 3.12. The molecule has 2 aromatic rings. The number of hydrogen-bond donors (Lipinski definition) is 0. The van der Waals surface area contributed by atoms with Gasteiger partial charge in [-0.25, -0.2) is 4.98 Å². The number of carbonyl (C=O) groups excluding carboxylic acids is 2. The van der Waals surface area contributed by atoms with Gasteiger partial charge in [-0.15, -0.1) is 0 Å². The van der Waals surface area contributed by atoms with Gasteiger partial charge in [-0.3, -0.25) is 9.59 Å². The second-order valence-corrected chi connectivity index (χ2v) is 6.74. The molecule has 144 valence electrons. The largest absolute Gasteiger partial charge is 0.459 e. The Balaban J connectivity index is 1.60. The number of hydrogen-bond acceptors (Lipinski definition) is 5. The van der Waals surface area contributed by atoms with Gasteiger partial charge in [0.15, 0.2) is 5.76 Å². The number of nitrogens with zero attached hydrogens (tertiary/aromatic N) is 4. The Labute approximate surface area is 159 Å². The van der Waals surface area contributed by atoms with Crippen molar-refractivity contribution < 1.29 is 14.0 Å². The molecule has 0 aliphatic carbocycles. The Bertz CT molecular complexity index is 767. The molecule has 7 nitrogen and oxygen atoms in total. The zero-order valence-corrected chi connectivity index (χ0v) is 15.9. The van der Waals surface area contributed by atoms with E-state index in [0.29, 0.717) is 37.5 Å². The molecule has 7 heteroatoms. The Morgan fingerprint density at radius 1 is 1.15 bits per heavy atom. The summed E-state index contributed by atoms with van der Waals surface area (Å²) < 4.78 is 5.17. The van der Waals surface area contributed by atoms with Crippen LogP contribution in [0.5, 0.6) is 0 Å². The molecule has 0 bridgehead atoms. The number of unbranched alkanes of at least 4 members (excludes halogenated alkanes) is 1. The molecule has 27 heavy (non-hydrogen) atoms. The van der Waals surface area contributed by atoms with E-state index in [2.05, 4.69) is 16.8 Å². The average molecular weight is 370 g/mol. The van der Waals surface area contributed by atoms with Crippen LogP contribution in [0.3, 0.4) is 0 Å². The number of carbonyl (C=O) groups is 2. The van der Waals surface area contributed by atoms with E-state index in [1.54, 1.807) is 34.2 Å². The highest BCUT2D eigenvalue weighted by atomic mass is 16.3. The van der Waals surface area contributed by atoms with Gasteiger partial charge < -0.3 is 19.1 Å². The van der Waals surface area contributed by atoms with E-state index in [1.807, 2.05) is 13.1 Å². The lowest BCUT2D eigenvalue weighted by Crippen LogP contribution is -2.50. The van der Waals surface area contributed by atoms with Gasteiger partial charge in [0.2, 0.25) is 0 Å². The first-order valence-corrected chi connectivity index (χ1v) is 9.39. The number of rotatable bonds is 6. The summed E-state index contributed by atoms with van der Waals surface area (Å²) in [5.74, 6) is 0.994. The second-order valence-electron chi connectivity index (χ2n) is 6.74. The minimum atomic E-state index is -0.129. The van der Waals surface area contributed by atoms with Crippen LogP contribution in [0.4, 0.5) is 5.82 Å². The first kappa shape index (κ1) is 18.9. The Kier molecular flexibility index (Phi) is 6.11. The van der Waals surface area contributed by atoms with Gasteiger partial charge in [0, 0.05) is 51.5 Å². The Hall–Kier alpha value is -2.83. The third kappa shape index (κ3) is 4.48. The van der Waals surface area contributed by atoms with E-state index in [0.717, 1.165) is 25.2 Å². The van der Waals surface area contributed by atoms with E-state index < -0.39 is 0 Å². The van der Waals surface area contributed by atoms with Crippen LogP contribution in [0.1, 0.15) is 40.7 Å². The summed E-state index contributed by atoms with van der Waals surface area (Å²) in [5, 5.41) is 0. The van der Waals surface area contributed by atoms with Gasteiger partial charge in [-0.1, -0.05) is 13.3 Å². The smallest absolute Gasteiger partial charge is 0.289 e. The summed E-state index contributed by atoms with van der Waals surface area (Å²) in [6, 6.07) is 6.96. The number of aromatic nitrogens is 1. The molecule has 0 saturated carbocycles. The average Bonchev–Trinajstić information content (AvgIpc) is 3.26. The summed E-state index contributed by atoms with van der Waals surface area (Å²) in [6.07, 6.45) is 5.37. The van der Waals surface area contributed by atoms with Crippen LogP contribution in [-0.4, -0.2) is 66.4 Å². The maximum Gasteiger partial charge on any atom is 0.289 e. The first-order chi connectivity index (χ1) is 13.1. The van der Waals surface area contributed by atoms with Crippen LogP contribution < -0.4 is 4.90 Å². The molecule has 1 aliphatic heterocycles. The van der Waals surface area contributed by atoms with Crippen molar-refractivity contribution in [2.45, 2.75) is 19.8 Å². The van der Waals surface area contributed by atoms with E-state index in [-0.39, 0.29) is 11.8 Å². The third-order valence-corrected chi connectivity index (χ3v) is 4.82. The lowest BCUT2D eigenvalue weighted by atomic mass is 10.2. The van der Waals surface area contributed by atoms with Gasteiger partial charge in [0.05, 0.1) is 6.26 Å². The minimum Gasteiger partial charge on any atom is -0.459 e. The van der Waals surface area contributed by atoms with Crippen LogP contribution >= 0.6 is 0 Å². The Morgan fingerprint density at radius 3 is 2.48 bits per heavy atom. The molecule has 0 spiro atoms. The van der Waals surface area contributed by atoms with Gasteiger partial charge in [-0.05, 0) is 30.7 Å². The quantitative estimate of drug-likeness (QED) is 0.781. The van der Waals surface area contributed by atoms with Crippen molar-refractivity contribution in [2.24, 2.45) is 0 Å². The molecule has 0 aromatic carbocycles. The van der Waals surface area contributed by atoms with Crippen molar-refractivity contribution in [1.82, 2.24) is 14.8 Å². The van der Waals surface area contributed by atoms with Gasteiger partial charge in [-0.2, -0.15) is 0 Å². The molecule has 2 amide bonds. The van der Waals surface area contributed by atoms with Crippen LogP contribution in [0.2, 0.25) is 0 Å². The number of amides is 2. The van der Waals surface area contributed by atoms with Crippen LogP contribution in [0.25, 0.3) is 0 Å². The Morgan fingerprint density at radius 2 is 1.85 bits per heavy atom. The molecule has 2 aromatic heterocycles. The van der Waals surface area contributed by atoms with E-state index >= 15 is 0 Å². The van der Waals surface area contributed by atoms with Crippen molar-refractivity contribution in [2.75, 3.05) is 44.7 Å². The molecule has 1 saturated heterocycles. The van der Waals surface area contributed by atoms with Crippen molar-refractivity contribution >= 4 is 17.6 Å². The summed E-state index contributed by atoms with van der Waals surface area (Å²) in [4.78, 5) is 35.1. The van der Waals surface area contributed by atoms with Crippen molar-refractivity contribution in [3.63, 3.8) is 0 Å². The summed E-state index contributed by atoms with van der Waals surface area (Å²) in [7, 11) is 1.99. The molecule has 0 radical (unpaired) electrons. The normalized spacial score (nSPS) is 14.3. The minimum absolute atomic E-state index is 0.0207. The maximum absolute atomic E-state index is 12.9. The number of anilines is 1. The molecule has 3 rings (SSSR count). The fourth-order valence-electron chi connectivity index (χ4n) is 3.12. The predicted molar refractivity (Wildman–Crippen MR) is 103 cm³/mol. The molecular weight excluding hydrogens is 344 g/mol. The highest BCUT2D eigenvalue weighted by Crippen LogP contribution is 2.16. The molecule has 1 fully saturated rings. The molecule has 0 N–H and O–H groups in total. The van der Waals surface area contributed by atoms with Crippen molar-refractivity contribution in [1.29, 1.82) is 0 Å². The van der Waals surface area contributed by atoms with Crippen LogP contribution in [0.15, 0.2) is 41.1 Å². The first-order valence-electron chi connectivity index (χ1n) is 9.39. The highest BCUT2D eigenvalue weighted by molar-refractivity contribution is 5.95. The lowest BCUT2D eigenvalue weighted by molar-refractivity contribution is 0.0518. The van der Waals surface area contributed by atoms with Gasteiger partial charge in [0.1, 0.15) is 5.82 Å². The predicted octanol–water partition coefficient (Wildman–Crippen LogP) is 2.51. The van der Waals surface area contributed by atoms with Crippen LogP contribution in [-0.2, 0) is 0 Å². The van der Waals surface area contributed by atoms with Gasteiger partial charge in [0.25, 0.3) is 11.8 Å².